The van der Waals surface area contributed by atoms with Crippen molar-refractivity contribution in [2.24, 2.45) is 11.8 Å². The van der Waals surface area contributed by atoms with Gasteiger partial charge in [-0.2, -0.15) is 0 Å². The lowest BCUT2D eigenvalue weighted by Gasteiger charge is -2.14. The molecule has 1 N–H and O–H groups in total. The Morgan fingerprint density at radius 3 is 2.82 bits per heavy atom. The van der Waals surface area contributed by atoms with Gasteiger partial charge in [0.25, 0.3) is 5.91 Å². The average molecular weight is 320 g/mol. The van der Waals surface area contributed by atoms with Crippen LogP contribution < -0.4 is 0 Å². The van der Waals surface area contributed by atoms with Crippen LogP contribution in [0.5, 0.6) is 0 Å². The first-order valence-corrected chi connectivity index (χ1v) is 7.82. The molecular formula is C15H16N2O4S. The zero-order valence-electron chi connectivity index (χ0n) is 12.3. The molecule has 2 aromatic heterocycles. The van der Waals surface area contributed by atoms with E-state index in [1.807, 2.05) is 13.8 Å². The van der Waals surface area contributed by atoms with Gasteiger partial charge in [0, 0.05) is 18.0 Å². The van der Waals surface area contributed by atoms with Crippen LogP contribution in [0.15, 0.2) is 22.8 Å². The summed E-state index contributed by atoms with van der Waals surface area (Å²) < 4.78 is 5.30. The molecule has 1 saturated heterocycles. The molecule has 0 bridgehead atoms. The van der Waals surface area contributed by atoms with Gasteiger partial charge in [-0.1, -0.05) is 6.92 Å². The molecule has 1 amide bonds. The van der Waals surface area contributed by atoms with Crippen molar-refractivity contribution < 1.29 is 19.1 Å². The Hall–Kier alpha value is -2.15. The van der Waals surface area contributed by atoms with Gasteiger partial charge in [-0.25, -0.2) is 4.98 Å². The fraction of sp³-hybridized carbons (Fsp3) is 0.400. The first-order valence-electron chi connectivity index (χ1n) is 7.00. The first-order chi connectivity index (χ1) is 10.5. The molecule has 0 unspecified atom stereocenters. The number of hydrogen-bond donors (Lipinski definition) is 1. The highest BCUT2D eigenvalue weighted by Gasteiger charge is 2.38. The predicted octanol–water partition coefficient (Wildman–Crippen LogP) is 2.50. The van der Waals surface area contributed by atoms with Crippen LogP contribution in [-0.2, 0) is 4.79 Å². The lowest BCUT2D eigenvalue weighted by Crippen LogP contribution is -2.30. The minimum Gasteiger partial charge on any atom is -0.481 e. The summed E-state index contributed by atoms with van der Waals surface area (Å²) in [6, 6.07) is 3.57. The number of amides is 1. The molecule has 2 atom stereocenters. The van der Waals surface area contributed by atoms with Crippen molar-refractivity contribution in [1.82, 2.24) is 9.88 Å². The van der Waals surface area contributed by atoms with Crippen molar-refractivity contribution in [3.63, 3.8) is 0 Å². The van der Waals surface area contributed by atoms with E-state index in [0.717, 1.165) is 4.88 Å². The second-order valence-corrected chi connectivity index (χ2v) is 6.74. The van der Waals surface area contributed by atoms with Crippen LogP contribution >= 0.6 is 11.3 Å². The Kier molecular flexibility index (Phi) is 3.74. The number of carbonyl (C=O) groups is 2. The summed E-state index contributed by atoms with van der Waals surface area (Å²) in [6.07, 6.45) is 1.56. The van der Waals surface area contributed by atoms with Gasteiger partial charge in [-0.3, -0.25) is 9.59 Å². The zero-order valence-corrected chi connectivity index (χ0v) is 13.1. The van der Waals surface area contributed by atoms with Gasteiger partial charge in [0.1, 0.15) is 5.69 Å². The number of aliphatic carboxylic acids is 1. The molecule has 0 aromatic carbocycles. The van der Waals surface area contributed by atoms with Gasteiger partial charge in [-0.05, 0) is 25.0 Å². The van der Waals surface area contributed by atoms with Crippen LogP contribution in [-0.4, -0.2) is 40.0 Å². The standard InChI is InChI=1S/C15H16N2O4S/c1-8-6-17(7-10(8)15(19)20)14(18)12-9(2)22-13(16-12)11-4-3-5-21-11/h3-5,8,10H,6-7H2,1-2H3,(H,19,20)/t8-,10-/m1/s1. The Balaban J connectivity index is 1.83. The summed E-state index contributed by atoms with van der Waals surface area (Å²) in [5, 5.41) is 9.83. The number of carboxylic acid groups (broad SMARTS) is 1. The van der Waals surface area contributed by atoms with E-state index in [-0.39, 0.29) is 18.4 Å². The Morgan fingerprint density at radius 2 is 2.23 bits per heavy atom. The number of nitrogens with zero attached hydrogens (tertiary/aromatic N) is 2. The molecule has 6 nitrogen and oxygen atoms in total. The monoisotopic (exact) mass is 320 g/mol. The second kappa shape index (κ2) is 5.57. The molecule has 7 heteroatoms. The third-order valence-corrected chi connectivity index (χ3v) is 4.93. The molecule has 3 heterocycles. The highest BCUT2D eigenvalue weighted by atomic mass is 32.1. The fourth-order valence-corrected chi connectivity index (χ4v) is 3.58. The van der Waals surface area contributed by atoms with E-state index >= 15 is 0 Å². The third-order valence-electron chi connectivity index (χ3n) is 3.95. The van der Waals surface area contributed by atoms with Crippen LogP contribution in [0.2, 0.25) is 0 Å². The van der Waals surface area contributed by atoms with E-state index in [0.29, 0.717) is 23.0 Å². The maximum atomic E-state index is 12.6. The van der Waals surface area contributed by atoms with Crippen LogP contribution in [0, 0.1) is 18.8 Å². The number of thiazole rings is 1. The molecule has 1 fully saturated rings. The summed E-state index contributed by atoms with van der Waals surface area (Å²) in [6.45, 7) is 4.38. The fourth-order valence-electron chi connectivity index (χ4n) is 2.70. The molecule has 2 aromatic rings. The number of hydrogen-bond acceptors (Lipinski definition) is 5. The largest absolute Gasteiger partial charge is 0.481 e. The topological polar surface area (TPSA) is 83.6 Å². The van der Waals surface area contributed by atoms with Crippen LogP contribution in [0.25, 0.3) is 10.8 Å². The number of likely N-dealkylation sites (tertiary alicyclic amines) is 1. The van der Waals surface area contributed by atoms with Crippen LogP contribution in [0.1, 0.15) is 22.3 Å². The minimum atomic E-state index is -0.853. The van der Waals surface area contributed by atoms with Crippen molar-refractivity contribution in [1.29, 1.82) is 0 Å². The lowest BCUT2D eigenvalue weighted by atomic mass is 9.99. The number of aromatic nitrogens is 1. The third kappa shape index (κ3) is 2.52. The van der Waals surface area contributed by atoms with Crippen LogP contribution in [0.4, 0.5) is 0 Å². The summed E-state index contributed by atoms with van der Waals surface area (Å²) in [5.41, 5.74) is 0.384. The van der Waals surface area contributed by atoms with Gasteiger partial charge in [-0.15, -0.1) is 11.3 Å². The highest BCUT2D eigenvalue weighted by molar-refractivity contribution is 7.15. The molecule has 1 aliphatic rings. The quantitative estimate of drug-likeness (QED) is 0.939. The van der Waals surface area contributed by atoms with Crippen molar-refractivity contribution >= 4 is 23.2 Å². The van der Waals surface area contributed by atoms with Gasteiger partial charge < -0.3 is 14.4 Å². The lowest BCUT2D eigenvalue weighted by molar-refractivity contribution is -0.142. The smallest absolute Gasteiger partial charge is 0.308 e. The molecule has 0 radical (unpaired) electrons. The van der Waals surface area contributed by atoms with Crippen molar-refractivity contribution in [3.05, 3.63) is 29.0 Å². The number of aryl methyl sites for hydroxylation is 1. The number of furan rings is 1. The minimum absolute atomic E-state index is 0.0510. The van der Waals surface area contributed by atoms with E-state index in [9.17, 15) is 14.7 Å². The molecule has 3 rings (SSSR count). The molecular weight excluding hydrogens is 304 g/mol. The normalized spacial score (nSPS) is 21.3. The first kappa shape index (κ1) is 14.8. The van der Waals surface area contributed by atoms with Crippen molar-refractivity contribution in [3.8, 4) is 10.8 Å². The molecule has 0 aliphatic carbocycles. The molecule has 0 spiro atoms. The van der Waals surface area contributed by atoms with E-state index in [1.54, 1.807) is 23.3 Å². The van der Waals surface area contributed by atoms with Crippen molar-refractivity contribution in [2.75, 3.05) is 13.1 Å². The molecule has 1 aliphatic heterocycles. The van der Waals surface area contributed by atoms with E-state index < -0.39 is 11.9 Å². The summed E-state index contributed by atoms with van der Waals surface area (Å²) >= 11 is 1.40. The van der Waals surface area contributed by atoms with Gasteiger partial charge >= 0.3 is 5.97 Å². The Bertz CT molecular complexity index is 707. The summed E-state index contributed by atoms with van der Waals surface area (Å²) in [5.74, 6) is -0.987. The maximum Gasteiger partial charge on any atom is 0.308 e. The second-order valence-electron chi connectivity index (χ2n) is 5.53. The Labute approximate surface area is 131 Å². The van der Waals surface area contributed by atoms with Gasteiger partial charge in [0.05, 0.1) is 12.2 Å². The predicted molar refractivity (Wildman–Crippen MR) is 80.7 cm³/mol. The summed E-state index contributed by atoms with van der Waals surface area (Å²) in [7, 11) is 0. The maximum absolute atomic E-state index is 12.6. The van der Waals surface area contributed by atoms with Crippen LogP contribution in [0.3, 0.4) is 0 Å². The molecule has 116 valence electrons. The zero-order chi connectivity index (χ0) is 15.9. The van der Waals surface area contributed by atoms with Gasteiger partial charge in [0.15, 0.2) is 10.8 Å². The number of carbonyl (C=O) groups excluding carboxylic acids is 1. The molecule has 22 heavy (non-hydrogen) atoms. The summed E-state index contributed by atoms with van der Waals surface area (Å²) in [4.78, 5) is 30.6. The van der Waals surface area contributed by atoms with E-state index in [1.165, 1.54) is 11.3 Å². The highest BCUT2D eigenvalue weighted by Crippen LogP contribution is 2.30. The number of rotatable bonds is 3. The molecule has 0 saturated carbocycles. The SMILES string of the molecule is Cc1sc(-c2ccco2)nc1C(=O)N1C[C@@H](C)[C@H](C(=O)O)C1. The Morgan fingerprint density at radius 1 is 1.45 bits per heavy atom. The number of carboxylic acids is 1. The van der Waals surface area contributed by atoms with Gasteiger partial charge in [0.2, 0.25) is 0 Å². The van der Waals surface area contributed by atoms with Crippen molar-refractivity contribution in [2.45, 2.75) is 13.8 Å². The van der Waals surface area contributed by atoms with E-state index in [2.05, 4.69) is 4.98 Å². The van der Waals surface area contributed by atoms with E-state index in [4.69, 9.17) is 4.42 Å². The average Bonchev–Trinajstić information content (AvgIpc) is 3.16.